The summed E-state index contributed by atoms with van der Waals surface area (Å²) in [6.07, 6.45) is 1.77. The summed E-state index contributed by atoms with van der Waals surface area (Å²) in [5.74, 6) is 1.35. The summed E-state index contributed by atoms with van der Waals surface area (Å²) in [6.45, 7) is 7.79. The van der Waals surface area contributed by atoms with Crippen LogP contribution in [0.4, 0.5) is 0 Å². The van der Waals surface area contributed by atoms with Crippen molar-refractivity contribution in [3.05, 3.63) is 126 Å². The van der Waals surface area contributed by atoms with Crippen LogP contribution in [0.15, 0.2) is 114 Å². The summed E-state index contributed by atoms with van der Waals surface area (Å²) >= 11 is 0. The molecule has 0 spiro atoms. The van der Waals surface area contributed by atoms with Crippen LogP contribution in [0.2, 0.25) is 0 Å². The predicted octanol–water partition coefficient (Wildman–Crippen LogP) is 6.79. The number of nitrogens with zero attached hydrogens (tertiary/aromatic N) is 2. The van der Waals surface area contributed by atoms with E-state index in [1.165, 1.54) is 3.97 Å². The lowest BCUT2D eigenvalue weighted by Gasteiger charge is -2.20. The van der Waals surface area contributed by atoms with Gasteiger partial charge in [-0.25, -0.2) is 12.4 Å². The van der Waals surface area contributed by atoms with Gasteiger partial charge in [-0.15, -0.1) is 0 Å². The molecule has 1 aromatic heterocycles. The van der Waals surface area contributed by atoms with Crippen molar-refractivity contribution in [3.8, 4) is 11.5 Å². The first-order valence-electron chi connectivity index (χ1n) is 14.0. The molecule has 5 rings (SSSR count). The Balaban J connectivity index is 1.58. The molecule has 1 atom stereocenters. The average Bonchev–Trinajstić information content (AvgIpc) is 3.41. The molecule has 0 N–H and O–H groups in total. The normalized spacial score (nSPS) is 12.5. The second-order valence-electron chi connectivity index (χ2n) is 9.87. The second kappa shape index (κ2) is 12.6. The molecule has 1 heterocycles. The monoisotopic (exact) mass is 568 g/mol. The predicted molar refractivity (Wildman–Crippen MR) is 165 cm³/mol. The Morgan fingerprint density at radius 3 is 1.95 bits per heavy atom. The number of ether oxygens (including phenoxy) is 2. The fourth-order valence-electron chi connectivity index (χ4n) is 5.25. The first-order chi connectivity index (χ1) is 20.0. The lowest BCUT2D eigenvalue weighted by atomic mass is 9.85. The number of hydrogen-bond donors (Lipinski definition) is 0. The van der Waals surface area contributed by atoms with E-state index in [9.17, 15) is 8.42 Å². The van der Waals surface area contributed by atoms with Gasteiger partial charge in [0, 0.05) is 24.0 Å². The molecule has 0 radical (unpaired) electrons. The van der Waals surface area contributed by atoms with Crippen molar-refractivity contribution in [2.24, 2.45) is 0 Å². The Kier molecular flexibility index (Phi) is 8.76. The van der Waals surface area contributed by atoms with Crippen LogP contribution in [0.3, 0.4) is 0 Å². The summed E-state index contributed by atoms with van der Waals surface area (Å²) < 4.78 is 40.5. The van der Waals surface area contributed by atoms with E-state index in [2.05, 4.69) is 30.9 Å². The highest BCUT2D eigenvalue weighted by Crippen LogP contribution is 2.39. The zero-order valence-electron chi connectivity index (χ0n) is 23.7. The Hall–Kier alpha value is -4.07. The largest absolute Gasteiger partial charge is 0.497 e. The molecule has 0 bridgehead atoms. The van der Waals surface area contributed by atoms with Crippen LogP contribution in [0.25, 0.3) is 10.9 Å². The van der Waals surface area contributed by atoms with Gasteiger partial charge in [0.2, 0.25) is 0 Å². The molecule has 0 saturated heterocycles. The van der Waals surface area contributed by atoms with E-state index in [4.69, 9.17) is 9.47 Å². The molecule has 6 nitrogen and oxygen atoms in total. The maximum atomic E-state index is 13.8. The van der Waals surface area contributed by atoms with Crippen LogP contribution in [0, 0.1) is 0 Å². The summed E-state index contributed by atoms with van der Waals surface area (Å²) in [5.41, 5.74) is 3.61. The molecule has 7 heteroatoms. The maximum Gasteiger partial charge on any atom is 0.268 e. The molecule has 0 saturated carbocycles. The van der Waals surface area contributed by atoms with Gasteiger partial charge in [-0.05, 0) is 72.2 Å². The van der Waals surface area contributed by atoms with Crippen LogP contribution in [0.5, 0.6) is 11.5 Å². The Bertz CT molecular complexity index is 1680. The zero-order valence-corrected chi connectivity index (χ0v) is 24.6. The van der Waals surface area contributed by atoms with Crippen LogP contribution >= 0.6 is 0 Å². The molecule has 212 valence electrons. The van der Waals surface area contributed by atoms with E-state index < -0.39 is 10.0 Å². The van der Waals surface area contributed by atoms with E-state index in [1.807, 2.05) is 66.7 Å². The summed E-state index contributed by atoms with van der Waals surface area (Å²) in [4.78, 5) is 2.58. The van der Waals surface area contributed by atoms with Crippen molar-refractivity contribution in [1.82, 2.24) is 8.87 Å². The minimum absolute atomic E-state index is 0.220. The highest BCUT2D eigenvalue weighted by molar-refractivity contribution is 7.90. The molecule has 0 amide bonds. The molecule has 1 unspecified atom stereocenters. The third-order valence-electron chi connectivity index (χ3n) is 7.55. The second-order valence-corrected chi connectivity index (χ2v) is 11.7. The molecule has 4 aromatic carbocycles. The highest BCUT2D eigenvalue weighted by atomic mass is 32.2. The van der Waals surface area contributed by atoms with E-state index in [0.717, 1.165) is 53.2 Å². The Morgan fingerprint density at radius 1 is 0.756 bits per heavy atom. The van der Waals surface area contributed by atoms with Crippen molar-refractivity contribution in [1.29, 1.82) is 0 Å². The van der Waals surface area contributed by atoms with Crippen molar-refractivity contribution in [3.63, 3.8) is 0 Å². The maximum absolute atomic E-state index is 13.8. The van der Waals surface area contributed by atoms with Gasteiger partial charge in [0.1, 0.15) is 18.1 Å². The minimum Gasteiger partial charge on any atom is -0.497 e. The standard InChI is InChI=1S/C34H36N2O4S/c1-4-35(5-2)23-24-40-29-21-17-27(18-22-29)34(26-15-19-28(39-3)20-16-26)32-25-36(33-14-10-9-13-31(32)33)41(37,38)30-11-7-6-8-12-30/h6-22,25,34H,4-5,23-24H2,1-3H3. The molecule has 5 aromatic rings. The van der Waals surface area contributed by atoms with Gasteiger partial charge in [0.15, 0.2) is 0 Å². The number of para-hydroxylation sites is 1. The van der Waals surface area contributed by atoms with Crippen LogP contribution in [-0.4, -0.2) is 50.6 Å². The van der Waals surface area contributed by atoms with Gasteiger partial charge in [-0.3, -0.25) is 0 Å². The van der Waals surface area contributed by atoms with Gasteiger partial charge in [-0.1, -0.05) is 74.5 Å². The van der Waals surface area contributed by atoms with Gasteiger partial charge in [0.25, 0.3) is 10.0 Å². The lowest BCUT2D eigenvalue weighted by molar-refractivity contribution is 0.223. The van der Waals surface area contributed by atoms with E-state index in [-0.39, 0.29) is 10.8 Å². The van der Waals surface area contributed by atoms with Crippen molar-refractivity contribution in [2.75, 3.05) is 33.4 Å². The first-order valence-corrected chi connectivity index (χ1v) is 15.4. The minimum atomic E-state index is -3.81. The topological polar surface area (TPSA) is 60.8 Å². The van der Waals surface area contributed by atoms with Crippen LogP contribution in [-0.2, 0) is 10.0 Å². The lowest BCUT2D eigenvalue weighted by Crippen LogP contribution is -2.27. The number of aromatic nitrogens is 1. The number of rotatable bonds is 12. The Labute approximate surface area is 242 Å². The van der Waals surface area contributed by atoms with Crippen molar-refractivity contribution in [2.45, 2.75) is 24.7 Å². The fourth-order valence-corrected chi connectivity index (χ4v) is 6.65. The number of hydrogen-bond acceptors (Lipinski definition) is 5. The van der Waals surface area contributed by atoms with Gasteiger partial charge >= 0.3 is 0 Å². The third kappa shape index (κ3) is 6.01. The number of fused-ring (bicyclic) bond motifs is 1. The fraction of sp³-hybridized carbons (Fsp3) is 0.235. The van der Waals surface area contributed by atoms with E-state index >= 15 is 0 Å². The van der Waals surface area contributed by atoms with Crippen molar-refractivity contribution < 1.29 is 17.9 Å². The molecule has 0 fully saturated rings. The van der Waals surface area contributed by atoms with Crippen LogP contribution < -0.4 is 9.47 Å². The highest BCUT2D eigenvalue weighted by Gasteiger charge is 2.26. The smallest absolute Gasteiger partial charge is 0.268 e. The SMILES string of the molecule is CCN(CC)CCOc1ccc(C(c2ccc(OC)cc2)c2cn(S(=O)(=O)c3ccccc3)c3ccccc23)cc1. The molecule has 0 aliphatic rings. The van der Waals surface area contributed by atoms with Crippen molar-refractivity contribution >= 4 is 20.9 Å². The average molecular weight is 569 g/mol. The molecule has 0 aliphatic carbocycles. The molecule has 0 aliphatic heterocycles. The van der Waals surface area contributed by atoms with E-state index in [0.29, 0.717) is 12.1 Å². The van der Waals surface area contributed by atoms with E-state index in [1.54, 1.807) is 37.6 Å². The van der Waals surface area contributed by atoms with Gasteiger partial charge < -0.3 is 14.4 Å². The number of benzene rings is 4. The Morgan fingerprint density at radius 2 is 1.34 bits per heavy atom. The molecule has 41 heavy (non-hydrogen) atoms. The first kappa shape index (κ1) is 28.5. The number of methoxy groups -OCH3 is 1. The summed E-state index contributed by atoms with van der Waals surface area (Å²) in [6, 6.07) is 32.3. The molecular weight excluding hydrogens is 532 g/mol. The number of likely N-dealkylation sites (N-methyl/N-ethyl adjacent to an activating group) is 1. The summed E-state index contributed by atoms with van der Waals surface area (Å²) in [5, 5.41) is 0.882. The van der Waals surface area contributed by atoms with Gasteiger partial charge in [-0.2, -0.15) is 0 Å². The quantitative estimate of drug-likeness (QED) is 0.166. The van der Waals surface area contributed by atoms with Crippen LogP contribution in [0.1, 0.15) is 36.5 Å². The zero-order chi connectivity index (χ0) is 28.8. The summed E-state index contributed by atoms with van der Waals surface area (Å²) in [7, 11) is -2.16. The molecular formula is C34H36N2O4S. The van der Waals surface area contributed by atoms with Gasteiger partial charge in [0.05, 0.1) is 17.5 Å². The third-order valence-corrected chi connectivity index (χ3v) is 9.24.